The second-order valence-electron chi connectivity index (χ2n) is 6.39. The van der Waals surface area contributed by atoms with Crippen molar-refractivity contribution in [3.05, 3.63) is 30.1 Å². The molecule has 1 aliphatic rings. The maximum Gasteiger partial charge on any atom is 0.0543 e. The quantitative estimate of drug-likeness (QED) is 0.834. The summed E-state index contributed by atoms with van der Waals surface area (Å²) in [4.78, 5) is 7.02. The molecule has 0 amide bonds. The smallest absolute Gasteiger partial charge is 0.0543 e. The summed E-state index contributed by atoms with van der Waals surface area (Å²) in [6.07, 6.45) is 7.33. The van der Waals surface area contributed by atoms with E-state index in [0.29, 0.717) is 6.04 Å². The van der Waals surface area contributed by atoms with Crippen LogP contribution in [0.4, 0.5) is 0 Å². The molecule has 3 heteroatoms. The van der Waals surface area contributed by atoms with Gasteiger partial charge < -0.3 is 5.32 Å². The van der Waals surface area contributed by atoms with Crippen LogP contribution in [0.3, 0.4) is 0 Å². The molecule has 1 N–H and O–H groups in total. The van der Waals surface area contributed by atoms with Crippen molar-refractivity contribution < 1.29 is 0 Å². The molecule has 1 saturated carbocycles. The van der Waals surface area contributed by atoms with E-state index in [-0.39, 0.29) is 0 Å². The normalized spacial score (nSPS) is 26.2. The molecule has 0 aliphatic heterocycles. The highest BCUT2D eigenvalue weighted by Crippen LogP contribution is 2.32. The Bertz CT molecular complexity index is 393. The predicted molar refractivity (Wildman–Crippen MR) is 89.2 cm³/mol. The van der Waals surface area contributed by atoms with Gasteiger partial charge in [0.05, 0.1) is 5.69 Å². The van der Waals surface area contributed by atoms with Crippen LogP contribution in [-0.4, -0.2) is 36.1 Å². The Morgan fingerprint density at radius 3 is 2.76 bits per heavy atom. The number of rotatable bonds is 7. The average Bonchev–Trinajstić information content (AvgIpc) is 2.55. The van der Waals surface area contributed by atoms with Gasteiger partial charge in [-0.05, 0) is 56.8 Å². The van der Waals surface area contributed by atoms with Crippen LogP contribution in [0.2, 0.25) is 0 Å². The number of hydrogen-bond donors (Lipinski definition) is 1. The lowest BCUT2D eigenvalue weighted by Gasteiger charge is -2.38. The van der Waals surface area contributed by atoms with Crippen LogP contribution >= 0.6 is 0 Å². The van der Waals surface area contributed by atoms with Crippen molar-refractivity contribution in [3.8, 4) is 0 Å². The van der Waals surface area contributed by atoms with Crippen molar-refractivity contribution in [2.24, 2.45) is 11.8 Å². The van der Waals surface area contributed by atoms with Crippen molar-refractivity contribution in [2.45, 2.75) is 52.1 Å². The summed E-state index contributed by atoms with van der Waals surface area (Å²) in [6.45, 7) is 7.86. The van der Waals surface area contributed by atoms with Crippen LogP contribution in [0.15, 0.2) is 24.4 Å². The summed E-state index contributed by atoms with van der Waals surface area (Å²) in [5.41, 5.74) is 1.18. The largest absolute Gasteiger partial charge is 0.317 e. The van der Waals surface area contributed by atoms with Crippen LogP contribution < -0.4 is 5.32 Å². The zero-order chi connectivity index (χ0) is 15.1. The van der Waals surface area contributed by atoms with Gasteiger partial charge in [-0.25, -0.2) is 0 Å². The van der Waals surface area contributed by atoms with E-state index < -0.39 is 0 Å². The summed E-state index contributed by atoms with van der Waals surface area (Å²) >= 11 is 0. The highest BCUT2D eigenvalue weighted by Gasteiger charge is 2.29. The lowest BCUT2D eigenvalue weighted by molar-refractivity contribution is 0.140. The third-order valence-electron chi connectivity index (χ3n) is 5.09. The summed E-state index contributed by atoms with van der Waals surface area (Å²) < 4.78 is 0. The Morgan fingerprint density at radius 2 is 2.14 bits per heavy atom. The molecule has 3 nitrogen and oxygen atoms in total. The molecule has 1 heterocycles. The van der Waals surface area contributed by atoms with Gasteiger partial charge in [-0.1, -0.05) is 26.3 Å². The first-order valence-corrected chi connectivity index (χ1v) is 8.56. The fourth-order valence-electron chi connectivity index (χ4n) is 3.67. The van der Waals surface area contributed by atoms with Crippen molar-refractivity contribution >= 4 is 0 Å². The van der Waals surface area contributed by atoms with E-state index in [2.05, 4.69) is 48.2 Å². The minimum atomic E-state index is 0.686. The molecule has 0 saturated heterocycles. The standard InChI is InChI=1S/C18H31N3/c1-4-15-9-10-18(19-3)16(12-15)13-21(5-2)14-17-8-6-7-11-20-17/h6-8,11,15-16,18-19H,4-5,9-10,12-14H2,1-3H3. The number of aromatic nitrogens is 1. The van der Waals surface area contributed by atoms with E-state index in [1.54, 1.807) is 0 Å². The second kappa shape index (κ2) is 8.50. The van der Waals surface area contributed by atoms with E-state index in [0.717, 1.165) is 24.9 Å². The van der Waals surface area contributed by atoms with E-state index in [1.807, 2.05) is 12.3 Å². The van der Waals surface area contributed by atoms with Gasteiger partial charge in [-0.15, -0.1) is 0 Å². The van der Waals surface area contributed by atoms with Crippen molar-refractivity contribution in [2.75, 3.05) is 20.1 Å². The lowest BCUT2D eigenvalue weighted by atomic mass is 9.76. The molecule has 118 valence electrons. The van der Waals surface area contributed by atoms with Gasteiger partial charge in [0.2, 0.25) is 0 Å². The fraction of sp³-hybridized carbons (Fsp3) is 0.722. The van der Waals surface area contributed by atoms with Crippen LogP contribution in [0.1, 0.15) is 45.2 Å². The van der Waals surface area contributed by atoms with Crippen molar-refractivity contribution in [1.29, 1.82) is 0 Å². The Hall–Kier alpha value is -0.930. The van der Waals surface area contributed by atoms with E-state index in [9.17, 15) is 0 Å². The second-order valence-corrected chi connectivity index (χ2v) is 6.39. The predicted octanol–water partition coefficient (Wildman–Crippen LogP) is 3.32. The van der Waals surface area contributed by atoms with E-state index in [1.165, 1.54) is 37.9 Å². The van der Waals surface area contributed by atoms with E-state index >= 15 is 0 Å². The topological polar surface area (TPSA) is 28.2 Å². The van der Waals surface area contributed by atoms with Gasteiger partial charge in [0.15, 0.2) is 0 Å². The SMILES string of the molecule is CCC1CCC(NC)C(CN(CC)Cc2ccccn2)C1. The first kappa shape index (κ1) is 16.4. The maximum atomic E-state index is 4.47. The summed E-state index contributed by atoms with van der Waals surface area (Å²) in [7, 11) is 2.12. The molecule has 1 aromatic rings. The minimum absolute atomic E-state index is 0.686. The molecule has 1 fully saturated rings. The molecule has 1 aliphatic carbocycles. The molecular formula is C18H31N3. The minimum Gasteiger partial charge on any atom is -0.317 e. The summed E-state index contributed by atoms with van der Waals surface area (Å²) in [6, 6.07) is 6.89. The number of nitrogens with zero attached hydrogens (tertiary/aromatic N) is 2. The van der Waals surface area contributed by atoms with Crippen LogP contribution in [0.5, 0.6) is 0 Å². The summed E-state index contributed by atoms with van der Waals surface area (Å²) in [5, 5.41) is 3.55. The molecule has 0 radical (unpaired) electrons. The number of nitrogens with one attached hydrogen (secondary N) is 1. The van der Waals surface area contributed by atoms with Crippen molar-refractivity contribution in [3.63, 3.8) is 0 Å². The highest BCUT2D eigenvalue weighted by molar-refractivity contribution is 5.03. The van der Waals surface area contributed by atoms with Gasteiger partial charge in [0.1, 0.15) is 0 Å². The number of pyridine rings is 1. The monoisotopic (exact) mass is 289 g/mol. The zero-order valence-electron chi connectivity index (χ0n) is 13.9. The van der Waals surface area contributed by atoms with Crippen LogP contribution in [0, 0.1) is 11.8 Å². The first-order chi connectivity index (χ1) is 10.3. The fourth-order valence-corrected chi connectivity index (χ4v) is 3.67. The molecule has 0 aromatic carbocycles. The van der Waals surface area contributed by atoms with Crippen LogP contribution in [-0.2, 0) is 6.54 Å². The average molecular weight is 289 g/mol. The Morgan fingerprint density at radius 1 is 1.29 bits per heavy atom. The molecule has 1 aromatic heterocycles. The Kier molecular flexibility index (Phi) is 6.65. The molecule has 21 heavy (non-hydrogen) atoms. The van der Waals surface area contributed by atoms with E-state index in [4.69, 9.17) is 0 Å². The molecule has 3 unspecified atom stereocenters. The summed E-state index contributed by atoms with van der Waals surface area (Å²) in [5.74, 6) is 1.70. The molecule has 2 rings (SSSR count). The third-order valence-corrected chi connectivity index (χ3v) is 5.09. The van der Waals surface area contributed by atoms with Gasteiger partial charge in [0.25, 0.3) is 0 Å². The molecular weight excluding hydrogens is 258 g/mol. The third kappa shape index (κ3) is 4.79. The van der Waals surface area contributed by atoms with Gasteiger partial charge in [-0.2, -0.15) is 0 Å². The molecule has 0 bridgehead atoms. The first-order valence-electron chi connectivity index (χ1n) is 8.56. The van der Waals surface area contributed by atoms with Crippen molar-refractivity contribution in [1.82, 2.24) is 15.2 Å². The van der Waals surface area contributed by atoms with Crippen LogP contribution in [0.25, 0.3) is 0 Å². The van der Waals surface area contributed by atoms with Gasteiger partial charge in [-0.3, -0.25) is 9.88 Å². The Balaban J connectivity index is 1.95. The van der Waals surface area contributed by atoms with Gasteiger partial charge in [0, 0.05) is 25.3 Å². The Labute approximate surface area is 130 Å². The molecule has 3 atom stereocenters. The zero-order valence-corrected chi connectivity index (χ0v) is 13.9. The van der Waals surface area contributed by atoms with Gasteiger partial charge >= 0.3 is 0 Å². The number of hydrogen-bond acceptors (Lipinski definition) is 3. The highest BCUT2D eigenvalue weighted by atomic mass is 15.1. The lowest BCUT2D eigenvalue weighted by Crippen LogP contribution is -2.44. The molecule has 0 spiro atoms. The maximum absolute atomic E-state index is 4.47.